The Hall–Kier alpha value is -0.600. The fourth-order valence-corrected chi connectivity index (χ4v) is 2.17. The lowest BCUT2D eigenvalue weighted by Crippen LogP contribution is -2.18. The fraction of sp³-hybridized carbons (Fsp3) is 0.455. The molecule has 1 aromatic heterocycles. The fourth-order valence-electron chi connectivity index (χ4n) is 1.23. The van der Waals surface area contributed by atoms with Gasteiger partial charge in [-0.15, -0.1) is 17.9 Å². The molecular weight excluding hydrogens is 180 g/mol. The molecule has 1 heterocycles. The van der Waals surface area contributed by atoms with E-state index >= 15 is 0 Å². The minimum Gasteiger partial charge on any atom is -0.385 e. The lowest BCUT2D eigenvalue weighted by Gasteiger charge is -2.20. The third-order valence-corrected chi connectivity index (χ3v) is 3.36. The highest BCUT2D eigenvalue weighted by Crippen LogP contribution is 2.31. The zero-order valence-corrected chi connectivity index (χ0v) is 9.03. The highest BCUT2D eigenvalue weighted by atomic mass is 32.1. The van der Waals surface area contributed by atoms with E-state index in [1.165, 1.54) is 4.88 Å². The molecule has 1 rings (SSSR count). The van der Waals surface area contributed by atoms with Crippen LogP contribution in [-0.2, 0) is 5.60 Å². The lowest BCUT2D eigenvalue weighted by molar-refractivity contribution is 0.0526. The van der Waals surface area contributed by atoms with Crippen LogP contribution in [0, 0.1) is 6.92 Å². The van der Waals surface area contributed by atoms with Crippen LogP contribution in [0.4, 0.5) is 0 Å². The van der Waals surface area contributed by atoms with Crippen molar-refractivity contribution in [2.75, 3.05) is 0 Å². The Bertz CT molecular complexity index is 286. The van der Waals surface area contributed by atoms with Crippen molar-refractivity contribution >= 4 is 11.3 Å². The summed E-state index contributed by atoms with van der Waals surface area (Å²) in [6.07, 6.45) is 3.44. The molecule has 1 atom stereocenters. The highest BCUT2D eigenvalue weighted by molar-refractivity contribution is 7.12. The van der Waals surface area contributed by atoms with Crippen molar-refractivity contribution in [1.82, 2.24) is 0 Å². The predicted octanol–water partition coefficient (Wildman–Crippen LogP) is 3.23. The summed E-state index contributed by atoms with van der Waals surface area (Å²) in [5.74, 6) is 0. The number of aliphatic hydroxyl groups is 1. The second-order valence-electron chi connectivity index (χ2n) is 3.51. The first-order valence-electron chi connectivity index (χ1n) is 4.46. The summed E-state index contributed by atoms with van der Waals surface area (Å²) in [7, 11) is 0. The second kappa shape index (κ2) is 4.07. The minimum atomic E-state index is -0.687. The zero-order valence-electron chi connectivity index (χ0n) is 8.21. The molecular formula is C11H16OS. The van der Waals surface area contributed by atoms with Gasteiger partial charge in [0.05, 0.1) is 5.60 Å². The van der Waals surface area contributed by atoms with Gasteiger partial charge in [0.25, 0.3) is 0 Å². The van der Waals surface area contributed by atoms with Crippen LogP contribution in [0.15, 0.2) is 24.8 Å². The molecule has 1 aromatic rings. The van der Waals surface area contributed by atoms with E-state index < -0.39 is 5.60 Å². The molecule has 72 valence electrons. The maximum Gasteiger partial charge on any atom is 0.0962 e. The van der Waals surface area contributed by atoms with Crippen molar-refractivity contribution in [2.45, 2.75) is 32.3 Å². The van der Waals surface area contributed by atoms with Gasteiger partial charge < -0.3 is 5.11 Å². The SMILES string of the molecule is C=CCCC(C)(O)c1ccc(C)s1. The molecule has 0 saturated carbocycles. The van der Waals surface area contributed by atoms with Crippen LogP contribution in [0.5, 0.6) is 0 Å². The molecule has 0 bridgehead atoms. The number of hydrogen-bond acceptors (Lipinski definition) is 2. The van der Waals surface area contributed by atoms with Crippen molar-refractivity contribution in [3.8, 4) is 0 Å². The Morgan fingerprint density at radius 3 is 2.77 bits per heavy atom. The van der Waals surface area contributed by atoms with E-state index in [0.29, 0.717) is 0 Å². The van der Waals surface area contributed by atoms with Crippen LogP contribution in [0.2, 0.25) is 0 Å². The van der Waals surface area contributed by atoms with Crippen LogP contribution >= 0.6 is 11.3 Å². The van der Waals surface area contributed by atoms with Crippen LogP contribution in [0.3, 0.4) is 0 Å². The summed E-state index contributed by atoms with van der Waals surface area (Å²) >= 11 is 1.66. The molecule has 0 spiro atoms. The molecule has 0 amide bonds. The van der Waals surface area contributed by atoms with E-state index in [0.717, 1.165) is 17.7 Å². The van der Waals surface area contributed by atoms with Crippen molar-refractivity contribution in [3.63, 3.8) is 0 Å². The third-order valence-electron chi connectivity index (χ3n) is 2.11. The van der Waals surface area contributed by atoms with Gasteiger partial charge >= 0.3 is 0 Å². The largest absolute Gasteiger partial charge is 0.385 e. The highest BCUT2D eigenvalue weighted by Gasteiger charge is 2.23. The van der Waals surface area contributed by atoms with Gasteiger partial charge in [-0.1, -0.05) is 6.08 Å². The Labute approximate surface area is 83.7 Å². The van der Waals surface area contributed by atoms with Crippen molar-refractivity contribution in [3.05, 3.63) is 34.5 Å². The van der Waals surface area contributed by atoms with Crippen molar-refractivity contribution in [2.24, 2.45) is 0 Å². The molecule has 0 saturated heterocycles. The van der Waals surface area contributed by atoms with E-state index in [-0.39, 0.29) is 0 Å². The second-order valence-corrected chi connectivity index (χ2v) is 4.80. The normalized spacial score (nSPS) is 15.3. The van der Waals surface area contributed by atoms with E-state index in [1.807, 2.05) is 25.1 Å². The van der Waals surface area contributed by atoms with Gasteiger partial charge in [-0.05, 0) is 38.8 Å². The predicted molar refractivity (Wildman–Crippen MR) is 58.1 cm³/mol. The number of hydrogen-bond donors (Lipinski definition) is 1. The molecule has 2 heteroatoms. The summed E-state index contributed by atoms with van der Waals surface area (Å²) in [6.45, 7) is 7.57. The molecule has 13 heavy (non-hydrogen) atoms. The molecule has 1 unspecified atom stereocenters. The smallest absolute Gasteiger partial charge is 0.0962 e. The minimum absolute atomic E-state index is 0.687. The van der Waals surface area contributed by atoms with Gasteiger partial charge in [-0.25, -0.2) is 0 Å². The van der Waals surface area contributed by atoms with E-state index in [9.17, 15) is 5.11 Å². The van der Waals surface area contributed by atoms with Crippen LogP contribution in [-0.4, -0.2) is 5.11 Å². The van der Waals surface area contributed by atoms with E-state index in [4.69, 9.17) is 0 Å². The third kappa shape index (κ3) is 2.68. The summed E-state index contributed by atoms with van der Waals surface area (Å²) in [5.41, 5.74) is -0.687. The molecule has 1 N–H and O–H groups in total. The Kier molecular flexibility index (Phi) is 3.28. The molecule has 0 radical (unpaired) electrons. The van der Waals surface area contributed by atoms with Gasteiger partial charge in [0, 0.05) is 9.75 Å². The monoisotopic (exact) mass is 196 g/mol. The summed E-state index contributed by atoms with van der Waals surface area (Å²) in [6, 6.07) is 4.05. The number of aryl methyl sites for hydroxylation is 1. The number of allylic oxidation sites excluding steroid dienone is 1. The number of thiophene rings is 1. The summed E-state index contributed by atoms with van der Waals surface area (Å²) < 4.78 is 0. The average molecular weight is 196 g/mol. The molecule has 0 aromatic carbocycles. The van der Waals surface area contributed by atoms with Gasteiger partial charge in [0.15, 0.2) is 0 Å². The van der Waals surface area contributed by atoms with Gasteiger partial charge in [0.2, 0.25) is 0 Å². The first kappa shape index (κ1) is 10.5. The average Bonchev–Trinajstić information content (AvgIpc) is 2.49. The summed E-state index contributed by atoms with van der Waals surface area (Å²) in [5, 5.41) is 10.1. The Balaban J connectivity index is 2.74. The zero-order chi connectivity index (χ0) is 9.90. The first-order chi connectivity index (χ1) is 6.06. The molecule has 0 aliphatic carbocycles. The van der Waals surface area contributed by atoms with Crippen LogP contribution < -0.4 is 0 Å². The Morgan fingerprint density at radius 2 is 2.31 bits per heavy atom. The van der Waals surface area contributed by atoms with Gasteiger partial charge in [-0.3, -0.25) is 0 Å². The van der Waals surface area contributed by atoms with Crippen molar-refractivity contribution in [1.29, 1.82) is 0 Å². The number of rotatable bonds is 4. The quantitative estimate of drug-likeness (QED) is 0.733. The molecule has 0 fully saturated rings. The maximum atomic E-state index is 10.1. The van der Waals surface area contributed by atoms with Crippen LogP contribution in [0.25, 0.3) is 0 Å². The van der Waals surface area contributed by atoms with Gasteiger partial charge in [-0.2, -0.15) is 0 Å². The summed E-state index contributed by atoms with van der Waals surface area (Å²) in [4.78, 5) is 2.29. The van der Waals surface area contributed by atoms with E-state index in [2.05, 4.69) is 13.5 Å². The van der Waals surface area contributed by atoms with Gasteiger partial charge in [0.1, 0.15) is 0 Å². The first-order valence-corrected chi connectivity index (χ1v) is 5.28. The molecule has 1 nitrogen and oxygen atoms in total. The van der Waals surface area contributed by atoms with Crippen molar-refractivity contribution < 1.29 is 5.11 Å². The maximum absolute atomic E-state index is 10.1. The topological polar surface area (TPSA) is 20.2 Å². The Morgan fingerprint density at radius 1 is 1.62 bits per heavy atom. The molecule has 0 aliphatic rings. The molecule has 0 aliphatic heterocycles. The van der Waals surface area contributed by atoms with E-state index in [1.54, 1.807) is 11.3 Å². The standard InChI is InChI=1S/C11H16OS/c1-4-5-8-11(3,12)10-7-6-9(2)13-10/h4,6-7,12H,1,5,8H2,2-3H3. The lowest BCUT2D eigenvalue weighted by atomic mass is 9.98. The van der Waals surface area contributed by atoms with Crippen LogP contribution in [0.1, 0.15) is 29.5 Å².